The molecule has 0 spiro atoms. The molecular formula is C10H24O3PS2+. The Balaban J connectivity index is 3.97. The molecule has 98 valence electrons. The average molecular weight is 287 g/mol. The molecule has 0 aromatic carbocycles. The smallest absolute Gasteiger partial charge is 0.301 e. The van der Waals surface area contributed by atoms with E-state index in [4.69, 9.17) is 9.05 Å². The molecule has 6 heteroatoms. The summed E-state index contributed by atoms with van der Waals surface area (Å²) in [6.45, 7) is 6.11. The quantitative estimate of drug-likeness (QED) is 0.454. The summed E-state index contributed by atoms with van der Waals surface area (Å²) in [6, 6.07) is 0. The first kappa shape index (κ1) is 16.9. The molecule has 0 aliphatic carbocycles. The molecule has 0 aromatic heterocycles. The summed E-state index contributed by atoms with van der Waals surface area (Å²) in [5.41, 5.74) is 0. The van der Waals surface area contributed by atoms with Gasteiger partial charge in [-0.25, -0.2) is 4.57 Å². The Morgan fingerprint density at radius 1 is 1.06 bits per heavy atom. The van der Waals surface area contributed by atoms with Gasteiger partial charge in [0, 0.05) is 5.75 Å². The molecule has 0 atom stereocenters. The third kappa shape index (κ3) is 7.23. The van der Waals surface area contributed by atoms with Gasteiger partial charge in [-0.15, -0.1) is 0 Å². The molecule has 0 aromatic rings. The lowest BCUT2D eigenvalue weighted by molar-refractivity contribution is 0.237. The van der Waals surface area contributed by atoms with Gasteiger partial charge in [-0.05, 0) is 50.0 Å². The summed E-state index contributed by atoms with van der Waals surface area (Å²) >= 11 is 1.35. The molecule has 16 heavy (non-hydrogen) atoms. The van der Waals surface area contributed by atoms with E-state index in [0.717, 1.165) is 11.5 Å². The first-order valence-electron chi connectivity index (χ1n) is 5.79. The molecule has 0 saturated carbocycles. The van der Waals surface area contributed by atoms with Crippen LogP contribution in [0.1, 0.15) is 27.7 Å². The largest absolute Gasteiger partial charge is 0.389 e. The van der Waals surface area contributed by atoms with Gasteiger partial charge in [-0.1, -0.05) is 0 Å². The predicted molar refractivity (Wildman–Crippen MR) is 76.6 cm³/mol. The molecule has 0 aliphatic rings. The Kier molecular flexibility index (Phi) is 10.4. The fraction of sp³-hybridized carbons (Fsp3) is 1.00. The van der Waals surface area contributed by atoms with Crippen LogP contribution in [0.3, 0.4) is 0 Å². The van der Waals surface area contributed by atoms with Crippen LogP contribution in [0.25, 0.3) is 0 Å². The summed E-state index contributed by atoms with van der Waals surface area (Å²) in [4.78, 5) is 0. The molecule has 0 saturated heterocycles. The zero-order valence-electron chi connectivity index (χ0n) is 10.7. The number of hydrogen-bond donors (Lipinski definition) is 0. The Hall–Kier alpha value is 0.850. The van der Waals surface area contributed by atoms with Gasteiger partial charge in [0.05, 0.1) is 13.2 Å². The summed E-state index contributed by atoms with van der Waals surface area (Å²) in [7, 11) is 0.466. The van der Waals surface area contributed by atoms with Crippen molar-refractivity contribution >= 4 is 29.1 Å². The molecule has 0 fully saturated rings. The van der Waals surface area contributed by atoms with Gasteiger partial charge in [-0.2, -0.15) is 0 Å². The van der Waals surface area contributed by atoms with Gasteiger partial charge in [0.1, 0.15) is 17.3 Å². The van der Waals surface area contributed by atoms with Crippen molar-refractivity contribution in [2.45, 2.75) is 27.7 Å². The minimum atomic E-state index is -2.88. The molecule has 0 radical (unpaired) electrons. The molecule has 0 amide bonds. The van der Waals surface area contributed by atoms with Gasteiger partial charge in [0.25, 0.3) is 0 Å². The SMILES string of the molecule is CCOP(=O)(OCC)SCC[S+](CC)CC. The van der Waals surface area contributed by atoms with Crippen LogP contribution >= 0.6 is 18.2 Å². The highest BCUT2D eigenvalue weighted by Gasteiger charge is 2.25. The van der Waals surface area contributed by atoms with Crippen LogP contribution in [0.15, 0.2) is 0 Å². The highest BCUT2D eigenvalue weighted by molar-refractivity contribution is 8.55. The minimum Gasteiger partial charge on any atom is -0.301 e. The van der Waals surface area contributed by atoms with Crippen molar-refractivity contribution in [1.29, 1.82) is 0 Å². The van der Waals surface area contributed by atoms with Crippen LogP contribution in [0.4, 0.5) is 0 Å². The van der Waals surface area contributed by atoms with Crippen molar-refractivity contribution < 1.29 is 13.6 Å². The normalized spacial score (nSPS) is 12.3. The summed E-state index contributed by atoms with van der Waals surface area (Å²) in [6.07, 6.45) is 0. The van der Waals surface area contributed by atoms with E-state index in [1.165, 1.54) is 22.9 Å². The third-order valence-corrected chi connectivity index (χ3v) is 8.67. The topological polar surface area (TPSA) is 35.5 Å². The Labute approximate surface area is 107 Å². The fourth-order valence-corrected chi connectivity index (χ4v) is 6.92. The lowest BCUT2D eigenvalue weighted by atomic mass is 10.9. The van der Waals surface area contributed by atoms with E-state index in [1.54, 1.807) is 0 Å². The second-order valence-corrected chi connectivity index (χ2v) is 9.99. The van der Waals surface area contributed by atoms with E-state index < -0.39 is 6.80 Å². The van der Waals surface area contributed by atoms with Gasteiger partial charge in [0.15, 0.2) is 0 Å². The van der Waals surface area contributed by atoms with E-state index in [-0.39, 0.29) is 0 Å². The van der Waals surface area contributed by atoms with Crippen molar-refractivity contribution in [2.75, 3.05) is 36.2 Å². The van der Waals surface area contributed by atoms with Gasteiger partial charge in [-0.3, -0.25) is 0 Å². The van der Waals surface area contributed by atoms with Crippen molar-refractivity contribution in [1.82, 2.24) is 0 Å². The van der Waals surface area contributed by atoms with Crippen molar-refractivity contribution in [3.05, 3.63) is 0 Å². The van der Waals surface area contributed by atoms with Gasteiger partial charge in [0.2, 0.25) is 0 Å². The summed E-state index contributed by atoms with van der Waals surface area (Å²) < 4.78 is 22.5. The Bertz CT molecular complexity index is 200. The summed E-state index contributed by atoms with van der Waals surface area (Å²) in [5.74, 6) is 4.40. The standard InChI is InChI=1S/C10H24O3PS2/c1-5-12-14(11,13-6-2)15-9-10-16(7-3)8-4/h5-10H2,1-4H3/q+1. The molecule has 0 bridgehead atoms. The average Bonchev–Trinajstić information content (AvgIpc) is 2.25. The second kappa shape index (κ2) is 9.84. The van der Waals surface area contributed by atoms with Gasteiger partial charge < -0.3 is 9.05 Å². The maximum absolute atomic E-state index is 12.1. The fourth-order valence-electron chi connectivity index (χ4n) is 1.19. The van der Waals surface area contributed by atoms with Crippen LogP contribution in [0.2, 0.25) is 0 Å². The van der Waals surface area contributed by atoms with E-state index >= 15 is 0 Å². The molecule has 0 N–H and O–H groups in total. The monoisotopic (exact) mass is 287 g/mol. The van der Waals surface area contributed by atoms with E-state index in [0.29, 0.717) is 24.1 Å². The lowest BCUT2D eigenvalue weighted by Crippen LogP contribution is -2.14. The first-order chi connectivity index (χ1) is 7.61. The van der Waals surface area contributed by atoms with E-state index in [1.807, 2.05) is 13.8 Å². The van der Waals surface area contributed by atoms with Crippen LogP contribution in [-0.4, -0.2) is 36.2 Å². The maximum atomic E-state index is 12.1. The van der Waals surface area contributed by atoms with Crippen molar-refractivity contribution in [3.63, 3.8) is 0 Å². The van der Waals surface area contributed by atoms with Crippen LogP contribution in [0, 0.1) is 0 Å². The third-order valence-electron chi connectivity index (χ3n) is 2.01. The molecule has 0 aliphatic heterocycles. The second-order valence-electron chi connectivity index (χ2n) is 3.01. The highest BCUT2D eigenvalue weighted by atomic mass is 32.7. The molecular weight excluding hydrogens is 263 g/mol. The Morgan fingerprint density at radius 2 is 1.56 bits per heavy atom. The van der Waals surface area contributed by atoms with Crippen LogP contribution < -0.4 is 0 Å². The van der Waals surface area contributed by atoms with Crippen LogP contribution in [-0.2, 0) is 24.5 Å². The van der Waals surface area contributed by atoms with Crippen molar-refractivity contribution in [3.8, 4) is 0 Å². The van der Waals surface area contributed by atoms with Crippen LogP contribution in [0.5, 0.6) is 0 Å². The predicted octanol–water partition coefficient (Wildman–Crippen LogP) is 3.56. The van der Waals surface area contributed by atoms with Gasteiger partial charge >= 0.3 is 6.80 Å². The van der Waals surface area contributed by atoms with E-state index in [9.17, 15) is 4.57 Å². The number of rotatable bonds is 10. The molecule has 0 rings (SSSR count). The zero-order chi connectivity index (χ0) is 12.4. The number of hydrogen-bond acceptors (Lipinski definition) is 4. The first-order valence-corrected chi connectivity index (χ1v) is 10.7. The minimum absolute atomic E-state index is 0.442. The maximum Gasteiger partial charge on any atom is 0.389 e. The van der Waals surface area contributed by atoms with Crippen molar-refractivity contribution in [2.24, 2.45) is 0 Å². The van der Waals surface area contributed by atoms with E-state index in [2.05, 4.69) is 13.8 Å². The molecule has 0 heterocycles. The zero-order valence-corrected chi connectivity index (χ0v) is 13.3. The summed E-state index contributed by atoms with van der Waals surface area (Å²) in [5, 5.41) is 0. The molecule has 0 unspecified atom stereocenters. The lowest BCUT2D eigenvalue weighted by Gasteiger charge is -2.15. The highest BCUT2D eigenvalue weighted by Crippen LogP contribution is 2.60. The molecule has 3 nitrogen and oxygen atoms in total. The Morgan fingerprint density at radius 3 is 1.94 bits per heavy atom.